The number of nitro benzene ring substituents is 1. The molecule has 2 amide bonds. The van der Waals surface area contributed by atoms with E-state index >= 15 is 0 Å². The van der Waals surface area contributed by atoms with Gasteiger partial charge >= 0.3 is 18.2 Å². The van der Waals surface area contributed by atoms with E-state index in [4.69, 9.17) is 14.2 Å². The van der Waals surface area contributed by atoms with E-state index in [0.29, 0.717) is 11.1 Å². The van der Waals surface area contributed by atoms with E-state index in [1.54, 1.807) is 36.4 Å². The standard InChI is InChI=1S/C28H32N3O10P/c1-4-10-20(5-2)18-40-28(34)30-25(22-13-9-14-23(17-22)31(35)36)42(37,38)16-15-24(26(32)39-3)29-27(33)41-19-21-11-7-6-8-12-21/h4-14,17,24-25H,1-2,15-16,18-19H2,3H3,(H,29,33)(H,30,34)(H,37,38)/b20-10+/t24-,25?/m0/s1. The minimum atomic E-state index is -4.49. The van der Waals surface area contributed by atoms with Crippen molar-refractivity contribution in [1.82, 2.24) is 10.6 Å². The molecule has 224 valence electrons. The molecule has 2 aromatic carbocycles. The summed E-state index contributed by atoms with van der Waals surface area (Å²) in [6, 6.07) is 12.2. The van der Waals surface area contributed by atoms with Crippen LogP contribution in [0.1, 0.15) is 23.3 Å². The van der Waals surface area contributed by atoms with Crippen LogP contribution in [0.15, 0.2) is 91.6 Å². The number of allylic oxidation sites excluding steroid dienone is 2. The van der Waals surface area contributed by atoms with Crippen LogP contribution in [0.4, 0.5) is 15.3 Å². The summed E-state index contributed by atoms with van der Waals surface area (Å²) in [6.45, 7) is 6.80. The first-order valence-electron chi connectivity index (χ1n) is 12.5. The lowest BCUT2D eigenvalue weighted by atomic mass is 10.2. The molecule has 0 saturated carbocycles. The first-order chi connectivity index (χ1) is 20.0. The summed E-state index contributed by atoms with van der Waals surface area (Å²) in [5, 5.41) is 15.9. The molecule has 14 heteroatoms. The maximum Gasteiger partial charge on any atom is 0.408 e. The number of nitrogens with one attached hydrogen (secondary N) is 2. The van der Waals surface area contributed by atoms with Gasteiger partial charge in [-0.3, -0.25) is 14.7 Å². The van der Waals surface area contributed by atoms with Gasteiger partial charge in [0.15, 0.2) is 0 Å². The number of hydrogen-bond donors (Lipinski definition) is 3. The Kier molecular flexibility index (Phi) is 13.2. The molecule has 0 bridgehead atoms. The van der Waals surface area contributed by atoms with Crippen molar-refractivity contribution in [1.29, 1.82) is 0 Å². The SMILES string of the molecule is C=C/C=C(\C=C)COC(=O)NC(c1cccc([N+](=O)[O-])c1)P(=O)(O)CC[C@H](NC(=O)OCc1ccccc1)C(=O)OC. The van der Waals surface area contributed by atoms with Gasteiger partial charge in [-0.05, 0) is 23.1 Å². The Labute approximate surface area is 242 Å². The van der Waals surface area contributed by atoms with Gasteiger partial charge in [-0.2, -0.15) is 0 Å². The number of alkyl carbamates (subject to hydrolysis) is 2. The smallest absolute Gasteiger partial charge is 0.408 e. The van der Waals surface area contributed by atoms with Crippen molar-refractivity contribution >= 4 is 31.2 Å². The minimum Gasteiger partial charge on any atom is -0.467 e. The maximum absolute atomic E-state index is 13.6. The van der Waals surface area contributed by atoms with E-state index in [0.717, 1.165) is 13.2 Å². The number of carbonyl (C=O) groups is 3. The van der Waals surface area contributed by atoms with Crippen molar-refractivity contribution in [3.05, 3.63) is 113 Å². The molecule has 2 rings (SSSR count). The second-order valence-corrected chi connectivity index (χ2v) is 11.2. The predicted octanol–water partition coefficient (Wildman–Crippen LogP) is 4.75. The number of non-ortho nitro benzene ring substituents is 1. The highest BCUT2D eigenvalue weighted by atomic mass is 31.2. The Balaban J connectivity index is 2.22. The number of ether oxygens (including phenoxy) is 3. The van der Waals surface area contributed by atoms with E-state index in [1.807, 2.05) is 0 Å². The average Bonchev–Trinajstić information content (AvgIpc) is 2.99. The van der Waals surface area contributed by atoms with Gasteiger partial charge in [0, 0.05) is 18.3 Å². The second-order valence-electron chi connectivity index (χ2n) is 8.71. The van der Waals surface area contributed by atoms with Crippen LogP contribution in [0.3, 0.4) is 0 Å². The van der Waals surface area contributed by atoms with Crippen LogP contribution in [0.5, 0.6) is 0 Å². The molecular weight excluding hydrogens is 569 g/mol. The quantitative estimate of drug-likeness (QED) is 0.0643. The number of hydrogen-bond acceptors (Lipinski definition) is 9. The number of nitrogens with zero attached hydrogens (tertiary/aromatic N) is 1. The van der Waals surface area contributed by atoms with Crippen LogP contribution >= 0.6 is 7.37 Å². The Hall–Kier alpha value is -4.74. The number of nitro groups is 1. The zero-order valence-electron chi connectivity index (χ0n) is 22.8. The normalized spacial score (nSPS) is 13.8. The number of rotatable bonds is 15. The van der Waals surface area contributed by atoms with Gasteiger partial charge in [0.25, 0.3) is 5.69 Å². The molecule has 0 aliphatic carbocycles. The highest BCUT2D eigenvalue weighted by molar-refractivity contribution is 7.58. The van der Waals surface area contributed by atoms with E-state index in [1.165, 1.54) is 30.4 Å². The van der Waals surface area contributed by atoms with Gasteiger partial charge in [0.2, 0.25) is 7.37 Å². The summed E-state index contributed by atoms with van der Waals surface area (Å²) in [5.74, 6) is -2.57. The lowest BCUT2D eigenvalue weighted by Crippen LogP contribution is -2.42. The molecule has 3 N–H and O–H groups in total. The van der Waals surface area contributed by atoms with Crippen LogP contribution in [0.25, 0.3) is 0 Å². The molecule has 0 aromatic heterocycles. The zero-order chi connectivity index (χ0) is 31.1. The number of benzene rings is 2. The van der Waals surface area contributed by atoms with Crippen LogP contribution in [-0.4, -0.2) is 53.9 Å². The van der Waals surface area contributed by atoms with E-state index in [9.17, 15) is 34.0 Å². The summed E-state index contributed by atoms with van der Waals surface area (Å²) < 4.78 is 28.6. The van der Waals surface area contributed by atoms with E-state index < -0.39 is 54.9 Å². The van der Waals surface area contributed by atoms with E-state index in [2.05, 4.69) is 23.8 Å². The lowest BCUT2D eigenvalue weighted by molar-refractivity contribution is -0.384. The maximum atomic E-state index is 13.6. The van der Waals surface area contributed by atoms with Crippen LogP contribution in [0, 0.1) is 10.1 Å². The van der Waals surface area contributed by atoms with Gasteiger partial charge in [0.1, 0.15) is 25.0 Å². The van der Waals surface area contributed by atoms with Crippen LogP contribution < -0.4 is 10.6 Å². The zero-order valence-corrected chi connectivity index (χ0v) is 23.7. The molecule has 42 heavy (non-hydrogen) atoms. The number of carbonyl (C=O) groups excluding carboxylic acids is 3. The lowest BCUT2D eigenvalue weighted by Gasteiger charge is -2.26. The second kappa shape index (κ2) is 16.5. The summed E-state index contributed by atoms with van der Waals surface area (Å²) in [4.78, 5) is 59.0. The molecule has 2 unspecified atom stereocenters. The third kappa shape index (κ3) is 10.7. The fourth-order valence-corrected chi connectivity index (χ4v) is 5.42. The number of esters is 1. The minimum absolute atomic E-state index is 0.0533. The molecule has 0 heterocycles. The summed E-state index contributed by atoms with van der Waals surface area (Å²) in [7, 11) is -3.42. The molecule has 0 spiro atoms. The average molecular weight is 602 g/mol. The van der Waals surface area contributed by atoms with E-state index in [-0.39, 0.29) is 24.5 Å². The molecule has 0 aliphatic heterocycles. The molecular formula is C28H32N3O10P. The van der Waals surface area contributed by atoms with Crippen molar-refractivity contribution in [2.75, 3.05) is 19.9 Å². The molecule has 13 nitrogen and oxygen atoms in total. The van der Waals surface area contributed by atoms with Crippen molar-refractivity contribution in [3.63, 3.8) is 0 Å². The summed E-state index contributed by atoms with van der Waals surface area (Å²) in [5.41, 5.74) is 0.749. The fourth-order valence-electron chi connectivity index (χ4n) is 3.60. The molecule has 0 fully saturated rings. The topological polar surface area (TPSA) is 183 Å². The third-order valence-corrected chi connectivity index (χ3v) is 7.88. The largest absolute Gasteiger partial charge is 0.467 e. The predicted molar refractivity (Wildman–Crippen MR) is 154 cm³/mol. The van der Waals surface area contributed by atoms with Crippen LogP contribution in [0.2, 0.25) is 0 Å². The van der Waals surface area contributed by atoms with Gasteiger partial charge < -0.3 is 29.7 Å². The van der Waals surface area contributed by atoms with Crippen molar-refractivity contribution in [3.8, 4) is 0 Å². The van der Waals surface area contributed by atoms with Gasteiger partial charge in [-0.25, -0.2) is 14.4 Å². The van der Waals surface area contributed by atoms with Gasteiger partial charge in [-0.15, -0.1) is 0 Å². The molecule has 3 atom stereocenters. The summed E-state index contributed by atoms with van der Waals surface area (Å²) >= 11 is 0. The molecule has 0 aliphatic rings. The molecule has 2 aromatic rings. The van der Waals surface area contributed by atoms with Crippen molar-refractivity contribution < 1.29 is 43.0 Å². The summed E-state index contributed by atoms with van der Waals surface area (Å²) in [6.07, 6.45) is 1.35. The Morgan fingerprint density at radius 3 is 2.38 bits per heavy atom. The first-order valence-corrected chi connectivity index (χ1v) is 14.4. The first kappa shape index (κ1) is 33.5. The highest BCUT2D eigenvalue weighted by Gasteiger charge is 2.37. The molecule has 0 radical (unpaired) electrons. The Morgan fingerprint density at radius 2 is 1.76 bits per heavy atom. The third-order valence-electron chi connectivity index (χ3n) is 5.75. The Morgan fingerprint density at radius 1 is 1.07 bits per heavy atom. The fraction of sp³-hybridized carbons (Fsp3) is 0.250. The van der Waals surface area contributed by atoms with Gasteiger partial charge in [-0.1, -0.05) is 73.9 Å². The number of amides is 2. The molecule has 0 saturated heterocycles. The van der Waals surface area contributed by atoms with Crippen LogP contribution in [-0.2, 0) is 30.2 Å². The van der Waals surface area contributed by atoms with Crippen molar-refractivity contribution in [2.45, 2.75) is 24.9 Å². The van der Waals surface area contributed by atoms with Gasteiger partial charge in [0.05, 0.1) is 12.0 Å². The number of methoxy groups -OCH3 is 1. The highest BCUT2D eigenvalue weighted by Crippen LogP contribution is 2.55. The Bertz CT molecular complexity index is 1360. The van der Waals surface area contributed by atoms with Crippen molar-refractivity contribution in [2.24, 2.45) is 0 Å². The monoisotopic (exact) mass is 601 g/mol.